The summed E-state index contributed by atoms with van der Waals surface area (Å²) in [6, 6.07) is 0. The van der Waals surface area contributed by atoms with Gasteiger partial charge in [0.1, 0.15) is 0 Å². The Morgan fingerprint density at radius 3 is 1.58 bits per heavy atom. The summed E-state index contributed by atoms with van der Waals surface area (Å²) in [5.74, 6) is 0. The lowest BCUT2D eigenvalue weighted by molar-refractivity contribution is 0.362. The van der Waals surface area contributed by atoms with Crippen LogP contribution in [0.15, 0.2) is 5.10 Å². The third-order valence-corrected chi connectivity index (χ3v) is 5.56. The van der Waals surface area contributed by atoms with E-state index >= 15 is 0 Å². The summed E-state index contributed by atoms with van der Waals surface area (Å²) in [5, 5.41) is 4.62. The largest absolute Gasteiger partial charge is 0.310 e. The second kappa shape index (κ2) is 19.2. The molecule has 0 aliphatic carbocycles. The fraction of sp³-hybridized carbons (Fsp3) is 0.958. The summed E-state index contributed by atoms with van der Waals surface area (Å²) in [6.07, 6.45) is 25.2. The Kier molecular flexibility index (Phi) is 18.8. The van der Waals surface area contributed by atoms with Crippen molar-refractivity contribution in [1.82, 2.24) is 5.43 Å². The molecule has 0 bridgehead atoms. The smallest absolute Gasteiger partial charge is 0.0329 e. The SMILES string of the molecule is CCCCCCCCN/N=C\C(C)(CCCCCC)CCCCCCC. The molecule has 1 unspecified atom stereocenters. The van der Waals surface area contributed by atoms with Crippen LogP contribution in [0.1, 0.15) is 137 Å². The molecule has 26 heavy (non-hydrogen) atoms. The maximum Gasteiger partial charge on any atom is 0.0329 e. The van der Waals surface area contributed by atoms with Gasteiger partial charge in [-0.2, -0.15) is 5.10 Å². The molecule has 0 fully saturated rings. The van der Waals surface area contributed by atoms with E-state index in [2.05, 4.69) is 44.4 Å². The number of hydrogen-bond acceptors (Lipinski definition) is 2. The van der Waals surface area contributed by atoms with Crippen molar-refractivity contribution in [3.63, 3.8) is 0 Å². The maximum atomic E-state index is 4.62. The predicted octanol–water partition coefficient (Wildman–Crippen LogP) is 8.26. The van der Waals surface area contributed by atoms with Crippen molar-refractivity contribution in [3.05, 3.63) is 0 Å². The normalized spacial score (nSPS) is 14.0. The fourth-order valence-corrected chi connectivity index (χ4v) is 3.59. The van der Waals surface area contributed by atoms with Crippen LogP contribution in [0.25, 0.3) is 0 Å². The summed E-state index contributed by atoms with van der Waals surface area (Å²) < 4.78 is 0. The van der Waals surface area contributed by atoms with Gasteiger partial charge >= 0.3 is 0 Å². The molecule has 0 aliphatic rings. The van der Waals surface area contributed by atoms with Gasteiger partial charge in [-0.05, 0) is 19.3 Å². The third kappa shape index (κ3) is 16.9. The zero-order valence-electron chi connectivity index (χ0n) is 18.8. The lowest BCUT2D eigenvalue weighted by Gasteiger charge is -2.25. The Bertz CT molecular complexity index is 301. The molecule has 0 aromatic rings. The van der Waals surface area contributed by atoms with E-state index in [4.69, 9.17) is 0 Å². The first-order valence-corrected chi connectivity index (χ1v) is 12.0. The van der Waals surface area contributed by atoms with Crippen LogP contribution in [0, 0.1) is 5.41 Å². The topological polar surface area (TPSA) is 24.4 Å². The Balaban J connectivity index is 4.06. The van der Waals surface area contributed by atoms with E-state index in [1.54, 1.807) is 0 Å². The number of nitrogens with zero attached hydrogens (tertiary/aromatic N) is 1. The van der Waals surface area contributed by atoms with Gasteiger partial charge in [-0.1, -0.05) is 118 Å². The van der Waals surface area contributed by atoms with Crippen LogP contribution in [0.2, 0.25) is 0 Å². The van der Waals surface area contributed by atoms with E-state index in [9.17, 15) is 0 Å². The summed E-state index contributed by atoms with van der Waals surface area (Å²) >= 11 is 0. The van der Waals surface area contributed by atoms with E-state index in [-0.39, 0.29) is 5.41 Å². The molecule has 0 saturated carbocycles. The average Bonchev–Trinajstić information content (AvgIpc) is 2.64. The van der Waals surface area contributed by atoms with Gasteiger partial charge in [0, 0.05) is 18.2 Å². The molecule has 0 radical (unpaired) electrons. The van der Waals surface area contributed by atoms with Crippen molar-refractivity contribution in [2.75, 3.05) is 6.54 Å². The number of rotatable bonds is 20. The van der Waals surface area contributed by atoms with Gasteiger partial charge in [-0.25, -0.2) is 0 Å². The summed E-state index contributed by atoms with van der Waals surface area (Å²) in [6.45, 7) is 10.3. The molecular formula is C24H50N2. The average molecular weight is 367 g/mol. The van der Waals surface area contributed by atoms with Gasteiger partial charge in [0.05, 0.1) is 0 Å². The highest BCUT2D eigenvalue weighted by Gasteiger charge is 2.21. The second-order valence-corrected chi connectivity index (χ2v) is 8.56. The maximum absolute atomic E-state index is 4.62. The Labute approximate surface area is 166 Å². The van der Waals surface area contributed by atoms with E-state index < -0.39 is 0 Å². The first-order chi connectivity index (χ1) is 12.7. The highest BCUT2D eigenvalue weighted by Crippen LogP contribution is 2.29. The molecule has 0 aromatic heterocycles. The molecule has 156 valence electrons. The van der Waals surface area contributed by atoms with Gasteiger partial charge in [0.2, 0.25) is 0 Å². The molecule has 0 aliphatic heterocycles. The molecule has 0 amide bonds. The van der Waals surface area contributed by atoms with E-state index in [1.165, 1.54) is 109 Å². The molecule has 1 N–H and O–H groups in total. The van der Waals surface area contributed by atoms with Crippen molar-refractivity contribution in [2.45, 2.75) is 137 Å². The van der Waals surface area contributed by atoms with Crippen LogP contribution in [0.5, 0.6) is 0 Å². The monoisotopic (exact) mass is 366 g/mol. The minimum absolute atomic E-state index is 0.286. The fourth-order valence-electron chi connectivity index (χ4n) is 3.59. The lowest BCUT2D eigenvalue weighted by atomic mass is 9.81. The molecule has 0 saturated heterocycles. The van der Waals surface area contributed by atoms with Crippen LogP contribution >= 0.6 is 0 Å². The Morgan fingerprint density at radius 2 is 1.04 bits per heavy atom. The first kappa shape index (κ1) is 25.5. The number of hydrogen-bond donors (Lipinski definition) is 1. The molecule has 0 aromatic carbocycles. The highest BCUT2D eigenvalue weighted by molar-refractivity contribution is 5.64. The molecule has 2 nitrogen and oxygen atoms in total. The van der Waals surface area contributed by atoms with Crippen LogP contribution in [0.3, 0.4) is 0 Å². The van der Waals surface area contributed by atoms with E-state index in [1.807, 2.05) is 0 Å². The lowest BCUT2D eigenvalue weighted by Crippen LogP contribution is -2.21. The quantitative estimate of drug-likeness (QED) is 0.131. The Hall–Kier alpha value is -0.530. The minimum atomic E-state index is 0.286. The second-order valence-electron chi connectivity index (χ2n) is 8.56. The van der Waals surface area contributed by atoms with Gasteiger partial charge < -0.3 is 5.43 Å². The molecule has 2 heteroatoms. The summed E-state index contributed by atoms with van der Waals surface area (Å²) in [7, 11) is 0. The summed E-state index contributed by atoms with van der Waals surface area (Å²) in [5.41, 5.74) is 3.60. The van der Waals surface area contributed by atoms with Crippen molar-refractivity contribution < 1.29 is 0 Å². The number of unbranched alkanes of at least 4 members (excludes halogenated alkanes) is 12. The van der Waals surface area contributed by atoms with Gasteiger partial charge in [0.25, 0.3) is 0 Å². The third-order valence-electron chi connectivity index (χ3n) is 5.56. The van der Waals surface area contributed by atoms with Gasteiger partial charge in [0.15, 0.2) is 0 Å². The zero-order valence-corrected chi connectivity index (χ0v) is 18.8. The molecule has 0 spiro atoms. The van der Waals surface area contributed by atoms with Crippen molar-refractivity contribution in [1.29, 1.82) is 0 Å². The number of nitrogens with one attached hydrogen (secondary N) is 1. The molecule has 0 heterocycles. The van der Waals surface area contributed by atoms with Crippen molar-refractivity contribution in [3.8, 4) is 0 Å². The van der Waals surface area contributed by atoms with E-state index in [0.29, 0.717) is 0 Å². The molecule has 0 rings (SSSR count). The Morgan fingerprint density at radius 1 is 0.615 bits per heavy atom. The minimum Gasteiger partial charge on any atom is -0.310 e. The van der Waals surface area contributed by atoms with E-state index in [0.717, 1.165) is 6.54 Å². The zero-order chi connectivity index (χ0) is 19.3. The number of hydrazone groups is 1. The standard InChI is InChI=1S/C24H50N2/c1-5-8-11-14-16-19-22-25-26-23-24(4,20-17-13-10-7-3)21-18-15-12-9-6-2/h23,25H,5-22H2,1-4H3/b26-23-. The predicted molar refractivity (Wildman–Crippen MR) is 120 cm³/mol. The van der Waals surface area contributed by atoms with Gasteiger partial charge in [-0.15, -0.1) is 0 Å². The molecule has 1 atom stereocenters. The highest BCUT2D eigenvalue weighted by atomic mass is 15.3. The van der Waals surface area contributed by atoms with Crippen molar-refractivity contribution >= 4 is 6.21 Å². The summed E-state index contributed by atoms with van der Waals surface area (Å²) in [4.78, 5) is 0. The van der Waals surface area contributed by atoms with Crippen LogP contribution in [0.4, 0.5) is 0 Å². The molecular weight excluding hydrogens is 316 g/mol. The first-order valence-electron chi connectivity index (χ1n) is 12.0. The van der Waals surface area contributed by atoms with Crippen LogP contribution < -0.4 is 5.43 Å². The van der Waals surface area contributed by atoms with Crippen molar-refractivity contribution in [2.24, 2.45) is 10.5 Å². The van der Waals surface area contributed by atoms with Crippen LogP contribution in [-0.2, 0) is 0 Å². The van der Waals surface area contributed by atoms with Crippen LogP contribution in [-0.4, -0.2) is 12.8 Å². The van der Waals surface area contributed by atoms with Gasteiger partial charge in [-0.3, -0.25) is 0 Å².